The number of carboxylic acid groups (broad SMARTS) is 1. The Bertz CT molecular complexity index is 454. The highest BCUT2D eigenvalue weighted by Gasteiger charge is 2.26. The maximum Gasteiger partial charge on any atom is 0.101 e. The van der Waals surface area contributed by atoms with E-state index >= 15 is 0 Å². The number of nitrogens with zero attached hydrogens (tertiary/aromatic N) is 2. The van der Waals surface area contributed by atoms with Crippen LogP contribution < -0.4 is 5.11 Å². The number of carbonyl (C=O) groups is 1. The molecule has 0 aromatic heterocycles. The van der Waals surface area contributed by atoms with Gasteiger partial charge in [0.05, 0.1) is 37.4 Å². The van der Waals surface area contributed by atoms with Crippen LogP contribution in [0.25, 0.3) is 0 Å². The number of likely N-dealkylation sites (tertiary alicyclic amines) is 1. The van der Waals surface area contributed by atoms with E-state index in [2.05, 4.69) is 13.1 Å². The van der Waals surface area contributed by atoms with E-state index in [0.717, 1.165) is 24.1 Å². The minimum atomic E-state index is -1.40. The van der Waals surface area contributed by atoms with Crippen molar-refractivity contribution < 1.29 is 14.4 Å². The molecule has 0 aromatic rings. The first kappa shape index (κ1) is 19.4. The van der Waals surface area contributed by atoms with Crippen LogP contribution in [0.4, 0.5) is 0 Å². The van der Waals surface area contributed by atoms with Gasteiger partial charge in [0.25, 0.3) is 0 Å². The molecule has 1 fully saturated rings. The molecule has 0 amide bonds. The van der Waals surface area contributed by atoms with E-state index < -0.39 is 5.97 Å². The van der Waals surface area contributed by atoms with Gasteiger partial charge in [0.2, 0.25) is 0 Å². The molecule has 4 heteroatoms. The van der Waals surface area contributed by atoms with E-state index in [0.29, 0.717) is 0 Å². The van der Waals surface area contributed by atoms with Crippen molar-refractivity contribution in [3.05, 3.63) is 23.9 Å². The van der Waals surface area contributed by atoms with E-state index in [1.165, 1.54) is 63.9 Å². The molecule has 0 bridgehead atoms. The summed E-state index contributed by atoms with van der Waals surface area (Å²) in [6.07, 6.45) is 16.6. The fourth-order valence-corrected chi connectivity index (χ4v) is 3.27. The first-order valence-electron chi connectivity index (χ1n) is 9.00. The summed E-state index contributed by atoms with van der Waals surface area (Å²) in [6.45, 7) is 5.58. The Morgan fingerprint density at radius 3 is 2.39 bits per heavy atom. The lowest BCUT2D eigenvalue weighted by Gasteiger charge is -2.38. The van der Waals surface area contributed by atoms with Crippen LogP contribution in [-0.4, -0.2) is 30.1 Å². The number of quaternary nitrogens is 1. The first-order valence-corrected chi connectivity index (χ1v) is 9.00. The molecule has 0 N–H and O–H groups in total. The lowest BCUT2D eigenvalue weighted by molar-refractivity contribution is -0.884. The van der Waals surface area contributed by atoms with Crippen molar-refractivity contribution in [1.82, 2.24) is 0 Å². The molecule has 0 radical (unpaired) electrons. The predicted molar refractivity (Wildman–Crippen MR) is 89.9 cm³/mol. The van der Waals surface area contributed by atoms with Crippen molar-refractivity contribution in [3.8, 4) is 6.07 Å². The number of piperidine rings is 1. The smallest absolute Gasteiger partial charge is 0.101 e. The van der Waals surface area contributed by atoms with Gasteiger partial charge in [-0.3, -0.25) is 4.48 Å². The van der Waals surface area contributed by atoms with Gasteiger partial charge < -0.3 is 9.90 Å². The quantitative estimate of drug-likeness (QED) is 0.204. The van der Waals surface area contributed by atoms with Crippen molar-refractivity contribution in [3.63, 3.8) is 0 Å². The number of hydrogen-bond acceptors (Lipinski definition) is 3. The summed E-state index contributed by atoms with van der Waals surface area (Å²) in [4.78, 5) is 10.7. The molecule has 4 nitrogen and oxygen atoms in total. The lowest BCUT2D eigenvalue weighted by Crippen LogP contribution is -2.47. The maximum atomic E-state index is 10.7. The highest BCUT2D eigenvalue weighted by molar-refractivity contribution is 5.89. The van der Waals surface area contributed by atoms with Crippen LogP contribution in [0.5, 0.6) is 0 Å². The van der Waals surface area contributed by atoms with Gasteiger partial charge in [0, 0.05) is 0 Å². The van der Waals surface area contributed by atoms with E-state index in [4.69, 9.17) is 5.26 Å². The third-order valence-corrected chi connectivity index (χ3v) is 4.67. The Morgan fingerprint density at radius 1 is 1.13 bits per heavy atom. The second kappa shape index (κ2) is 11.0. The molecule has 0 aromatic carbocycles. The Hall–Kier alpha value is -1.60. The molecule has 0 aliphatic carbocycles. The monoisotopic (exact) mass is 318 g/mol. The first-order chi connectivity index (χ1) is 11.1. The number of allylic oxidation sites excluding steroid dienone is 2. The normalized spacial score (nSPS) is 18.0. The number of rotatable bonds is 10. The zero-order valence-corrected chi connectivity index (χ0v) is 14.4. The second-order valence-electron chi connectivity index (χ2n) is 6.54. The molecule has 1 saturated heterocycles. The van der Waals surface area contributed by atoms with Crippen molar-refractivity contribution in [2.45, 2.75) is 64.7 Å². The molecule has 0 spiro atoms. The molecular formula is C19H30N2O2. The van der Waals surface area contributed by atoms with Crippen LogP contribution in [-0.2, 0) is 4.79 Å². The Kier molecular flexibility index (Phi) is 9.31. The molecule has 1 heterocycles. The number of hydrogen-bond donors (Lipinski definition) is 0. The van der Waals surface area contributed by atoms with E-state index in [1.54, 1.807) is 12.1 Å². The van der Waals surface area contributed by atoms with Gasteiger partial charge >= 0.3 is 0 Å². The zero-order valence-electron chi connectivity index (χ0n) is 14.4. The number of carboxylic acids is 1. The largest absolute Gasteiger partial charge is 0.544 e. The van der Waals surface area contributed by atoms with Gasteiger partial charge in [0.1, 0.15) is 6.07 Å². The average Bonchev–Trinajstić information content (AvgIpc) is 2.55. The third-order valence-electron chi connectivity index (χ3n) is 4.67. The summed E-state index contributed by atoms with van der Waals surface area (Å²) < 4.78 is 0.927. The number of carbonyl (C=O) groups excluding carboxylic acids is 1. The van der Waals surface area contributed by atoms with Crippen molar-refractivity contribution >= 4 is 5.97 Å². The summed E-state index contributed by atoms with van der Waals surface area (Å²) in [7, 11) is 0. The van der Waals surface area contributed by atoms with Crippen LogP contribution in [0.15, 0.2) is 23.9 Å². The molecule has 23 heavy (non-hydrogen) atoms. The summed E-state index contributed by atoms with van der Waals surface area (Å²) in [5.74, 6) is -1.40. The topological polar surface area (TPSA) is 63.9 Å². The molecule has 128 valence electrons. The van der Waals surface area contributed by atoms with Crippen molar-refractivity contribution in [1.29, 1.82) is 5.26 Å². The van der Waals surface area contributed by atoms with Gasteiger partial charge in [-0.15, -0.1) is 0 Å². The van der Waals surface area contributed by atoms with E-state index in [9.17, 15) is 9.90 Å². The van der Waals surface area contributed by atoms with E-state index in [1.807, 2.05) is 0 Å². The summed E-state index contributed by atoms with van der Waals surface area (Å²) >= 11 is 0. The number of unbranched alkanes of at least 4 members (excludes halogenated alkanes) is 5. The fraction of sp³-hybridized carbons (Fsp3) is 0.684. The summed E-state index contributed by atoms with van der Waals surface area (Å²) in [5.41, 5.74) is -0.309. The number of nitriles is 1. The maximum absolute atomic E-state index is 10.7. The van der Waals surface area contributed by atoms with Crippen LogP contribution in [0, 0.1) is 11.3 Å². The highest BCUT2D eigenvalue weighted by atomic mass is 16.4. The van der Waals surface area contributed by atoms with Gasteiger partial charge in [-0.25, -0.2) is 0 Å². The summed E-state index contributed by atoms with van der Waals surface area (Å²) in [5, 5.41) is 19.5. The molecule has 0 unspecified atom stereocenters. The summed E-state index contributed by atoms with van der Waals surface area (Å²) in [6, 6.07) is 1.66. The zero-order chi connectivity index (χ0) is 17.0. The Labute approximate surface area is 140 Å². The van der Waals surface area contributed by atoms with Crippen LogP contribution in [0.3, 0.4) is 0 Å². The second-order valence-corrected chi connectivity index (χ2v) is 6.54. The Morgan fingerprint density at radius 2 is 1.78 bits per heavy atom. The predicted octanol–water partition coefficient (Wildman–Crippen LogP) is 3.06. The SMILES string of the molecule is CCCCCCCC[N+]1(/C=C/C=C(\C#N)C(=O)[O-])CCCCC1. The lowest BCUT2D eigenvalue weighted by atomic mass is 10.1. The molecule has 1 aliphatic rings. The van der Waals surface area contributed by atoms with Gasteiger partial charge in [0.15, 0.2) is 0 Å². The molecule has 1 rings (SSSR count). The van der Waals surface area contributed by atoms with Crippen molar-refractivity contribution in [2.75, 3.05) is 19.6 Å². The molecule has 0 saturated carbocycles. The molecule has 0 atom stereocenters. The third kappa shape index (κ3) is 7.47. The standard InChI is InChI=1S/C19H30N2O2/c1-2-3-4-5-6-8-13-21(14-9-7-10-15-21)16-11-12-18(17-20)19(22)23/h11-12,16H,2-10,13-15H2,1H3/b16-11+,18-12+. The number of aliphatic carboxylic acids is 1. The average molecular weight is 318 g/mol. The van der Waals surface area contributed by atoms with Gasteiger partial charge in [-0.1, -0.05) is 32.6 Å². The highest BCUT2D eigenvalue weighted by Crippen LogP contribution is 2.21. The van der Waals surface area contributed by atoms with Gasteiger partial charge in [-0.2, -0.15) is 5.26 Å². The minimum absolute atomic E-state index is 0.309. The Balaban J connectivity index is 2.57. The molecule has 1 aliphatic heterocycles. The van der Waals surface area contributed by atoms with Gasteiger partial charge in [-0.05, 0) is 44.3 Å². The van der Waals surface area contributed by atoms with Crippen LogP contribution in [0.1, 0.15) is 64.7 Å². The van der Waals surface area contributed by atoms with E-state index in [-0.39, 0.29) is 5.57 Å². The fourth-order valence-electron chi connectivity index (χ4n) is 3.27. The van der Waals surface area contributed by atoms with Crippen LogP contribution in [0.2, 0.25) is 0 Å². The minimum Gasteiger partial charge on any atom is -0.544 e. The molecular weight excluding hydrogens is 288 g/mol. The van der Waals surface area contributed by atoms with Crippen LogP contribution >= 0.6 is 0 Å². The van der Waals surface area contributed by atoms with Crippen molar-refractivity contribution in [2.24, 2.45) is 0 Å².